The van der Waals surface area contributed by atoms with Gasteiger partial charge in [-0.2, -0.15) is 5.26 Å². The molecule has 0 aliphatic carbocycles. The van der Waals surface area contributed by atoms with Crippen molar-refractivity contribution >= 4 is 46.2 Å². The Morgan fingerprint density at radius 2 is 1.20 bits per heavy atom. The van der Waals surface area contributed by atoms with Gasteiger partial charge in [-0.05, 0) is 101 Å². The molecule has 0 spiro atoms. The average molecular weight is 595 g/mol. The van der Waals surface area contributed by atoms with E-state index >= 15 is 0 Å². The van der Waals surface area contributed by atoms with Crippen LogP contribution in [0.4, 0.5) is 22.7 Å². The minimum atomic E-state index is -0.376. The lowest BCUT2D eigenvalue weighted by Crippen LogP contribution is -2.29. The number of allylic oxidation sites excluding steroid dienone is 1. The number of aromatic nitrogens is 1. The Morgan fingerprint density at radius 3 is 1.80 bits per heavy atom. The number of fused-ring (bicyclic) bond motifs is 1. The van der Waals surface area contributed by atoms with Crippen molar-refractivity contribution < 1.29 is 9.59 Å². The lowest BCUT2D eigenvalue weighted by atomic mass is 10.00. The van der Waals surface area contributed by atoms with Crippen molar-refractivity contribution in [2.45, 2.75) is 0 Å². The van der Waals surface area contributed by atoms with Crippen LogP contribution in [0, 0.1) is 11.3 Å². The fourth-order valence-electron chi connectivity index (χ4n) is 5.66. The molecular formula is C40H26N4O2. The third-order valence-electron chi connectivity index (χ3n) is 7.95. The highest BCUT2D eigenvalue weighted by Crippen LogP contribution is 2.37. The van der Waals surface area contributed by atoms with Crippen LogP contribution in [-0.2, 0) is 0 Å². The zero-order valence-corrected chi connectivity index (χ0v) is 24.6. The maximum atomic E-state index is 13.6. The lowest BCUT2D eigenvalue weighted by Gasteiger charge is -2.25. The van der Waals surface area contributed by atoms with Crippen molar-refractivity contribution in [1.29, 1.82) is 5.26 Å². The molecule has 46 heavy (non-hydrogen) atoms. The predicted octanol–water partition coefficient (Wildman–Crippen LogP) is 9.08. The molecule has 0 saturated carbocycles. The number of hydrogen-bond donors (Lipinski definition) is 0. The molecule has 2 amide bonds. The van der Waals surface area contributed by atoms with Gasteiger partial charge in [-0.25, -0.2) is 4.90 Å². The molecule has 0 saturated heterocycles. The third kappa shape index (κ3) is 5.34. The Morgan fingerprint density at radius 1 is 0.630 bits per heavy atom. The van der Waals surface area contributed by atoms with Gasteiger partial charge in [0, 0.05) is 29.5 Å². The summed E-state index contributed by atoms with van der Waals surface area (Å²) in [5, 5.41) is 9.74. The summed E-state index contributed by atoms with van der Waals surface area (Å²) in [4.78, 5) is 34.4. The summed E-state index contributed by atoms with van der Waals surface area (Å²) in [6.07, 6.45) is 5.10. The smallest absolute Gasteiger partial charge is 0.266 e. The Balaban J connectivity index is 1.15. The number of benzene rings is 5. The van der Waals surface area contributed by atoms with Crippen LogP contribution in [0.3, 0.4) is 0 Å². The maximum Gasteiger partial charge on any atom is 0.266 e. The first kappa shape index (κ1) is 28.2. The quantitative estimate of drug-likeness (QED) is 0.136. The topological polar surface area (TPSA) is 77.3 Å². The number of imide groups is 1. The number of amides is 2. The van der Waals surface area contributed by atoms with E-state index in [1.54, 1.807) is 54.9 Å². The second-order valence-corrected chi connectivity index (χ2v) is 10.8. The molecular weight excluding hydrogens is 568 g/mol. The van der Waals surface area contributed by atoms with E-state index in [4.69, 9.17) is 0 Å². The Kier molecular flexibility index (Phi) is 7.48. The largest absolute Gasteiger partial charge is 0.311 e. The van der Waals surface area contributed by atoms with Gasteiger partial charge in [-0.3, -0.25) is 14.6 Å². The average Bonchev–Trinajstić information content (AvgIpc) is 3.37. The maximum absolute atomic E-state index is 13.6. The molecule has 7 rings (SSSR count). The molecule has 0 N–H and O–H groups in total. The van der Waals surface area contributed by atoms with E-state index in [2.05, 4.69) is 52.4 Å². The van der Waals surface area contributed by atoms with Crippen LogP contribution in [0.5, 0.6) is 0 Å². The molecule has 0 unspecified atom stereocenters. The molecule has 1 aliphatic heterocycles. The summed E-state index contributed by atoms with van der Waals surface area (Å²) in [7, 11) is 0. The summed E-state index contributed by atoms with van der Waals surface area (Å²) in [5.41, 5.74) is 8.04. The normalized spacial score (nSPS) is 12.5. The highest BCUT2D eigenvalue weighted by atomic mass is 16.2. The van der Waals surface area contributed by atoms with E-state index in [0.29, 0.717) is 28.0 Å². The van der Waals surface area contributed by atoms with E-state index in [1.807, 2.05) is 66.7 Å². The Bertz CT molecular complexity index is 2080. The van der Waals surface area contributed by atoms with Crippen molar-refractivity contribution in [3.05, 3.63) is 174 Å². The van der Waals surface area contributed by atoms with E-state index < -0.39 is 0 Å². The van der Waals surface area contributed by atoms with E-state index in [0.717, 1.165) is 33.8 Å². The molecule has 218 valence electrons. The molecule has 2 heterocycles. The van der Waals surface area contributed by atoms with Gasteiger partial charge < -0.3 is 4.90 Å². The van der Waals surface area contributed by atoms with Gasteiger partial charge in [0.1, 0.15) is 0 Å². The summed E-state index contributed by atoms with van der Waals surface area (Å²) >= 11 is 0. The molecule has 6 heteroatoms. The number of nitrogens with zero attached hydrogens (tertiary/aromatic N) is 4. The molecule has 0 bridgehead atoms. The minimum absolute atomic E-state index is 0.362. The predicted molar refractivity (Wildman–Crippen MR) is 182 cm³/mol. The number of pyridine rings is 1. The molecule has 6 aromatic rings. The molecule has 0 fully saturated rings. The first-order valence-electron chi connectivity index (χ1n) is 14.8. The monoisotopic (exact) mass is 594 g/mol. The third-order valence-corrected chi connectivity index (χ3v) is 7.95. The lowest BCUT2D eigenvalue weighted by molar-refractivity contribution is 0.0926. The van der Waals surface area contributed by atoms with Gasteiger partial charge >= 0.3 is 0 Å². The minimum Gasteiger partial charge on any atom is -0.311 e. The first-order chi connectivity index (χ1) is 22.6. The van der Waals surface area contributed by atoms with Crippen LogP contribution in [0.2, 0.25) is 0 Å². The molecule has 1 aliphatic rings. The number of carbonyl (C=O) groups excluding carboxylic acids is 2. The van der Waals surface area contributed by atoms with Crippen LogP contribution in [-0.4, -0.2) is 16.8 Å². The zero-order chi connectivity index (χ0) is 31.5. The number of nitriles is 1. The van der Waals surface area contributed by atoms with Gasteiger partial charge in [0.25, 0.3) is 11.8 Å². The summed E-state index contributed by atoms with van der Waals surface area (Å²) in [6.45, 7) is 0. The van der Waals surface area contributed by atoms with Gasteiger partial charge in [0.15, 0.2) is 0 Å². The van der Waals surface area contributed by atoms with E-state index in [-0.39, 0.29) is 11.8 Å². The van der Waals surface area contributed by atoms with Crippen LogP contribution in [0.1, 0.15) is 31.8 Å². The number of hydrogen-bond acceptors (Lipinski definition) is 5. The van der Waals surface area contributed by atoms with Crippen LogP contribution >= 0.6 is 0 Å². The Labute approximate surface area is 266 Å². The van der Waals surface area contributed by atoms with E-state index in [9.17, 15) is 14.9 Å². The first-order valence-corrected chi connectivity index (χ1v) is 14.8. The fourth-order valence-corrected chi connectivity index (χ4v) is 5.66. The highest BCUT2D eigenvalue weighted by molar-refractivity contribution is 6.34. The highest BCUT2D eigenvalue weighted by Gasteiger charge is 2.36. The molecule has 1 aromatic heterocycles. The summed E-state index contributed by atoms with van der Waals surface area (Å²) in [6, 6.07) is 46.7. The molecule has 6 nitrogen and oxygen atoms in total. The fraction of sp³-hybridized carbons (Fsp3) is 0. The van der Waals surface area contributed by atoms with E-state index in [1.165, 1.54) is 4.90 Å². The second kappa shape index (κ2) is 12.2. The Hall–Kier alpha value is -6.58. The van der Waals surface area contributed by atoms with Gasteiger partial charge in [-0.15, -0.1) is 0 Å². The van der Waals surface area contributed by atoms with Crippen molar-refractivity contribution in [1.82, 2.24) is 4.98 Å². The number of carbonyl (C=O) groups is 2. The van der Waals surface area contributed by atoms with Crippen LogP contribution in [0.15, 0.2) is 152 Å². The van der Waals surface area contributed by atoms with Crippen molar-refractivity contribution in [3.8, 4) is 17.2 Å². The van der Waals surface area contributed by atoms with Crippen molar-refractivity contribution in [2.75, 3.05) is 9.80 Å². The van der Waals surface area contributed by atoms with Gasteiger partial charge in [0.2, 0.25) is 0 Å². The van der Waals surface area contributed by atoms with Gasteiger partial charge in [-0.1, -0.05) is 66.7 Å². The molecule has 0 radical (unpaired) electrons. The van der Waals surface area contributed by atoms with Crippen molar-refractivity contribution in [3.63, 3.8) is 0 Å². The molecule has 0 atom stereocenters. The van der Waals surface area contributed by atoms with Crippen LogP contribution < -0.4 is 9.80 Å². The summed E-state index contributed by atoms with van der Waals surface area (Å²) < 4.78 is 0. The standard InChI is InChI=1S/C40H26N4O2/c41-27-32(25-28-21-23-42-24-22-28)30-13-18-36(19-14-30)44-39(45)37-20-15-31(26-38(37)40(44)46)29-11-16-35(17-12-29)43(33-7-3-1-4-8-33)34-9-5-2-6-10-34/h1-26H/b32-25+. The van der Waals surface area contributed by atoms with Gasteiger partial charge in [0.05, 0.1) is 28.5 Å². The van der Waals surface area contributed by atoms with Crippen LogP contribution in [0.25, 0.3) is 22.8 Å². The zero-order valence-electron chi connectivity index (χ0n) is 24.6. The number of rotatable bonds is 7. The SMILES string of the molecule is N#C/C(=C\c1ccncc1)c1ccc(N2C(=O)c3ccc(-c4ccc(N(c5ccccc5)c5ccccc5)cc4)cc3C2=O)cc1. The summed E-state index contributed by atoms with van der Waals surface area (Å²) in [5.74, 6) is -0.748. The molecule has 5 aromatic carbocycles. The number of anilines is 4. The second-order valence-electron chi connectivity index (χ2n) is 10.8. The van der Waals surface area contributed by atoms with Crippen molar-refractivity contribution in [2.24, 2.45) is 0 Å². The number of para-hydroxylation sites is 2.